The summed E-state index contributed by atoms with van der Waals surface area (Å²) in [5.74, 6) is 1.24. The number of aliphatic imine (C=N–C) groups is 1. The van der Waals surface area contributed by atoms with E-state index in [0.29, 0.717) is 6.04 Å². The van der Waals surface area contributed by atoms with E-state index in [-0.39, 0.29) is 0 Å². The van der Waals surface area contributed by atoms with Gasteiger partial charge < -0.3 is 10.1 Å². The molecular weight excluding hydrogens is 176 g/mol. The van der Waals surface area contributed by atoms with Crippen molar-refractivity contribution in [3.8, 4) is 0 Å². The molecule has 0 amide bonds. The first-order valence-corrected chi connectivity index (χ1v) is 5.83. The lowest BCUT2D eigenvalue weighted by atomic mass is 10.1. The summed E-state index contributed by atoms with van der Waals surface area (Å²) in [6, 6.07) is 0.612. The van der Waals surface area contributed by atoms with Crippen molar-refractivity contribution < 1.29 is 4.74 Å². The normalized spacial score (nSPS) is 25.3. The van der Waals surface area contributed by atoms with Gasteiger partial charge in [0, 0.05) is 32.2 Å². The lowest BCUT2D eigenvalue weighted by Crippen LogP contribution is -2.38. The molecule has 80 valence electrons. The van der Waals surface area contributed by atoms with Crippen molar-refractivity contribution >= 4 is 5.84 Å². The summed E-state index contributed by atoms with van der Waals surface area (Å²) < 4.78 is 5.33. The largest absolute Gasteiger partial charge is 0.381 e. The third-order valence-corrected chi connectivity index (χ3v) is 2.97. The van der Waals surface area contributed by atoms with Crippen molar-refractivity contribution in [2.45, 2.75) is 44.6 Å². The third-order valence-electron chi connectivity index (χ3n) is 2.97. The Labute approximate surface area is 85.9 Å². The van der Waals surface area contributed by atoms with Gasteiger partial charge in [-0.05, 0) is 25.7 Å². The van der Waals surface area contributed by atoms with E-state index in [1.165, 1.54) is 25.1 Å². The van der Waals surface area contributed by atoms with Crippen LogP contribution in [-0.2, 0) is 4.74 Å². The van der Waals surface area contributed by atoms with Crippen LogP contribution in [0.1, 0.15) is 38.5 Å². The fourth-order valence-corrected chi connectivity index (χ4v) is 2.07. The Morgan fingerprint density at radius 3 is 2.86 bits per heavy atom. The zero-order valence-corrected chi connectivity index (χ0v) is 8.80. The number of hydrogen-bond donors (Lipinski definition) is 1. The Bertz CT molecular complexity index is 197. The van der Waals surface area contributed by atoms with Crippen molar-refractivity contribution in [1.29, 1.82) is 0 Å². The van der Waals surface area contributed by atoms with Gasteiger partial charge in [-0.25, -0.2) is 0 Å². The van der Waals surface area contributed by atoms with Gasteiger partial charge in [0.25, 0.3) is 0 Å². The molecule has 1 fully saturated rings. The van der Waals surface area contributed by atoms with Gasteiger partial charge in [-0.1, -0.05) is 6.42 Å². The molecule has 0 radical (unpaired) electrons. The molecule has 0 aromatic heterocycles. The predicted molar refractivity (Wildman–Crippen MR) is 57.7 cm³/mol. The zero-order chi connectivity index (χ0) is 9.64. The average Bonchev–Trinajstić information content (AvgIpc) is 2.48. The van der Waals surface area contributed by atoms with E-state index in [2.05, 4.69) is 10.3 Å². The van der Waals surface area contributed by atoms with Gasteiger partial charge >= 0.3 is 0 Å². The molecule has 0 aromatic carbocycles. The summed E-state index contributed by atoms with van der Waals surface area (Å²) in [6.45, 7) is 2.83. The average molecular weight is 196 g/mol. The van der Waals surface area contributed by atoms with Gasteiger partial charge in [-0.15, -0.1) is 0 Å². The van der Waals surface area contributed by atoms with Crippen LogP contribution in [0.15, 0.2) is 4.99 Å². The topological polar surface area (TPSA) is 33.6 Å². The number of hydrogen-bond acceptors (Lipinski definition) is 3. The van der Waals surface area contributed by atoms with E-state index in [1.54, 1.807) is 0 Å². The summed E-state index contributed by atoms with van der Waals surface area (Å²) >= 11 is 0. The van der Waals surface area contributed by atoms with Crippen molar-refractivity contribution in [2.75, 3.05) is 19.8 Å². The van der Waals surface area contributed by atoms with Crippen molar-refractivity contribution in [3.05, 3.63) is 0 Å². The summed E-state index contributed by atoms with van der Waals surface area (Å²) in [4.78, 5) is 4.58. The minimum absolute atomic E-state index is 0.612. The molecule has 3 heteroatoms. The number of nitrogens with zero attached hydrogens (tertiary/aromatic N) is 1. The molecule has 1 saturated heterocycles. The molecular formula is C11H20N2O. The van der Waals surface area contributed by atoms with E-state index in [4.69, 9.17) is 4.74 Å². The second-order valence-electron chi connectivity index (χ2n) is 4.17. The van der Waals surface area contributed by atoms with Crippen molar-refractivity contribution in [1.82, 2.24) is 5.32 Å². The van der Waals surface area contributed by atoms with Gasteiger partial charge in [0.1, 0.15) is 0 Å². The molecule has 0 unspecified atom stereocenters. The van der Waals surface area contributed by atoms with Crippen molar-refractivity contribution in [3.63, 3.8) is 0 Å². The molecule has 0 bridgehead atoms. The maximum atomic E-state index is 5.33. The highest BCUT2D eigenvalue weighted by atomic mass is 16.5. The van der Waals surface area contributed by atoms with E-state index >= 15 is 0 Å². The fraction of sp³-hybridized carbons (Fsp3) is 0.909. The Morgan fingerprint density at radius 2 is 2.00 bits per heavy atom. The maximum Gasteiger partial charge on any atom is 0.0965 e. The van der Waals surface area contributed by atoms with Gasteiger partial charge in [0.15, 0.2) is 0 Å². The van der Waals surface area contributed by atoms with Crippen LogP contribution in [0, 0.1) is 0 Å². The maximum absolute atomic E-state index is 5.33. The first-order valence-electron chi connectivity index (χ1n) is 5.83. The van der Waals surface area contributed by atoms with Crippen LogP contribution in [0.4, 0.5) is 0 Å². The molecule has 3 nitrogen and oxygen atoms in total. The first kappa shape index (κ1) is 9.97. The molecule has 2 heterocycles. The van der Waals surface area contributed by atoms with E-state index in [9.17, 15) is 0 Å². The molecule has 2 rings (SSSR count). The SMILES string of the molecule is C1CCN=C(NC2CCOCC2)CC1. The van der Waals surface area contributed by atoms with Gasteiger partial charge in [0.2, 0.25) is 0 Å². The molecule has 0 saturated carbocycles. The highest BCUT2D eigenvalue weighted by Gasteiger charge is 2.15. The zero-order valence-electron chi connectivity index (χ0n) is 8.80. The molecule has 0 aromatic rings. The second kappa shape index (κ2) is 5.35. The highest BCUT2D eigenvalue weighted by Crippen LogP contribution is 2.10. The summed E-state index contributed by atoms with van der Waals surface area (Å²) in [6.07, 6.45) is 7.33. The van der Waals surface area contributed by atoms with E-state index in [0.717, 1.165) is 39.0 Å². The summed E-state index contributed by atoms with van der Waals surface area (Å²) in [5, 5.41) is 3.57. The van der Waals surface area contributed by atoms with Crippen LogP contribution in [0.25, 0.3) is 0 Å². The van der Waals surface area contributed by atoms with Crippen LogP contribution >= 0.6 is 0 Å². The highest BCUT2D eigenvalue weighted by molar-refractivity contribution is 5.82. The number of amidine groups is 1. The van der Waals surface area contributed by atoms with Crippen LogP contribution in [0.2, 0.25) is 0 Å². The number of ether oxygens (including phenoxy) is 1. The second-order valence-corrected chi connectivity index (χ2v) is 4.17. The molecule has 2 aliphatic heterocycles. The molecule has 2 aliphatic rings. The molecule has 0 aliphatic carbocycles. The summed E-state index contributed by atoms with van der Waals surface area (Å²) in [5.41, 5.74) is 0. The van der Waals surface area contributed by atoms with Gasteiger partial charge in [0.05, 0.1) is 5.84 Å². The van der Waals surface area contributed by atoms with Crippen molar-refractivity contribution in [2.24, 2.45) is 4.99 Å². The van der Waals surface area contributed by atoms with Gasteiger partial charge in [-0.2, -0.15) is 0 Å². The minimum atomic E-state index is 0.612. The Hall–Kier alpha value is -0.570. The predicted octanol–water partition coefficient (Wildman–Crippen LogP) is 1.73. The van der Waals surface area contributed by atoms with E-state index in [1.807, 2.05) is 0 Å². The molecule has 1 N–H and O–H groups in total. The monoisotopic (exact) mass is 196 g/mol. The Kier molecular flexibility index (Phi) is 3.80. The first-order chi connectivity index (χ1) is 6.95. The summed E-state index contributed by atoms with van der Waals surface area (Å²) in [7, 11) is 0. The quantitative estimate of drug-likeness (QED) is 0.693. The molecule has 0 spiro atoms. The van der Waals surface area contributed by atoms with Gasteiger partial charge in [-0.3, -0.25) is 4.99 Å². The smallest absolute Gasteiger partial charge is 0.0965 e. The number of nitrogens with one attached hydrogen (secondary N) is 1. The minimum Gasteiger partial charge on any atom is -0.381 e. The Morgan fingerprint density at radius 1 is 1.14 bits per heavy atom. The fourth-order valence-electron chi connectivity index (χ4n) is 2.07. The Balaban J connectivity index is 1.79. The lowest BCUT2D eigenvalue weighted by Gasteiger charge is -2.24. The third kappa shape index (κ3) is 2.98. The molecule has 0 atom stereocenters. The molecule has 14 heavy (non-hydrogen) atoms. The standard InChI is InChI=1S/C11H20N2O/c1-2-4-11(12-7-3-1)13-10-5-8-14-9-6-10/h10H,1-9H2,(H,12,13). The van der Waals surface area contributed by atoms with Crippen LogP contribution in [0.5, 0.6) is 0 Å². The van der Waals surface area contributed by atoms with Crippen LogP contribution < -0.4 is 5.32 Å². The lowest BCUT2D eigenvalue weighted by molar-refractivity contribution is 0.0823. The van der Waals surface area contributed by atoms with E-state index < -0.39 is 0 Å². The van der Waals surface area contributed by atoms with Crippen LogP contribution in [0.3, 0.4) is 0 Å². The van der Waals surface area contributed by atoms with Crippen LogP contribution in [-0.4, -0.2) is 31.6 Å². The number of rotatable bonds is 1.